The first-order valence-electron chi connectivity index (χ1n) is 12.4. The van der Waals surface area contributed by atoms with Gasteiger partial charge in [-0.05, 0) is 86.6 Å². The van der Waals surface area contributed by atoms with Crippen LogP contribution in [-0.2, 0) is 6.42 Å². The van der Waals surface area contributed by atoms with Crippen LogP contribution in [0.1, 0.15) is 49.7 Å². The molecular weight excluding hydrogens is 424 g/mol. The number of nitrogens with zero attached hydrogens (tertiary/aromatic N) is 1. The van der Waals surface area contributed by atoms with Crippen molar-refractivity contribution in [3.05, 3.63) is 71.9 Å². The van der Waals surface area contributed by atoms with Gasteiger partial charge >= 0.3 is 0 Å². The molecule has 2 aromatic carbocycles. The third-order valence-electron chi connectivity index (χ3n) is 7.08. The Bertz CT molecular complexity index is 1120. The molecule has 5 heteroatoms. The Balaban J connectivity index is 1.16. The standard InChI is InChI=1S/C28H34N4S/c33-28(29-15-6-4-10-21-8-2-1-3-9-21)31-23-12-13-27-25(19-23)26(20-30-27)22-14-17-32-16-7-5-11-24(32)18-22/h1-3,8-9,12-14,19-20,24,30H,4-7,10-11,15-18H2,(H2,29,31,33). The van der Waals surface area contributed by atoms with E-state index in [9.17, 15) is 0 Å². The van der Waals surface area contributed by atoms with Crippen molar-refractivity contribution in [2.24, 2.45) is 0 Å². The van der Waals surface area contributed by atoms with E-state index in [0.29, 0.717) is 11.2 Å². The Morgan fingerprint density at radius 2 is 2.00 bits per heavy atom. The molecule has 172 valence electrons. The molecular formula is C28H34N4S. The number of fused-ring (bicyclic) bond motifs is 2. The molecule has 1 unspecified atom stereocenters. The highest BCUT2D eigenvalue weighted by Crippen LogP contribution is 2.35. The quantitative estimate of drug-likeness (QED) is 0.295. The molecule has 0 spiro atoms. The molecule has 1 saturated heterocycles. The van der Waals surface area contributed by atoms with Gasteiger partial charge in [0.1, 0.15) is 0 Å². The summed E-state index contributed by atoms with van der Waals surface area (Å²) >= 11 is 5.56. The topological polar surface area (TPSA) is 43.1 Å². The smallest absolute Gasteiger partial charge is 0.170 e. The van der Waals surface area contributed by atoms with Crippen molar-refractivity contribution in [1.82, 2.24) is 15.2 Å². The first-order chi connectivity index (χ1) is 16.3. The van der Waals surface area contributed by atoms with Gasteiger partial charge in [0.15, 0.2) is 5.11 Å². The van der Waals surface area contributed by atoms with Gasteiger partial charge < -0.3 is 15.6 Å². The second-order valence-corrected chi connectivity index (χ2v) is 9.77. The van der Waals surface area contributed by atoms with Crippen molar-refractivity contribution >= 4 is 39.5 Å². The maximum atomic E-state index is 5.56. The van der Waals surface area contributed by atoms with E-state index in [4.69, 9.17) is 12.2 Å². The molecule has 1 fully saturated rings. The molecule has 2 aliphatic rings. The summed E-state index contributed by atoms with van der Waals surface area (Å²) in [6.45, 7) is 3.23. The van der Waals surface area contributed by atoms with Gasteiger partial charge in [0.05, 0.1) is 0 Å². The third-order valence-corrected chi connectivity index (χ3v) is 7.33. The summed E-state index contributed by atoms with van der Waals surface area (Å²) in [5, 5.41) is 8.72. The van der Waals surface area contributed by atoms with Crippen LogP contribution in [0.4, 0.5) is 5.69 Å². The molecule has 0 saturated carbocycles. The molecule has 4 nitrogen and oxygen atoms in total. The second kappa shape index (κ2) is 10.5. The summed E-state index contributed by atoms with van der Waals surface area (Å²) in [6, 6.07) is 17.9. The minimum Gasteiger partial charge on any atom is -0.362 e. The number of piperidine rings is 1. The SMILES string of the molecule is S=C(NCCCCc1ccccc1)Nc1ccc2[nH]cc(C3=CCN4CCCCC4C3)c2c1. The average molecular weight is 459 g/mol. The molecule has 0 bridgehead atoms. The molecule has 3 heterocycles. The second-order valence-electron chi connectivity index (χ2n) is 9.36. The number of anilines is 1. The molecule has 2 aliphatic heterocycles. The fourth-order valence-corrected chi connectivity index (χ4v) is 5.48. The van der Waals surface area contributed by atoms with E-state index in [2.05, 4.69) is 81.3 Å². The van der Waals surface area contributed by atoms with E-state index in [1.54, 1.807) is 0 Å². The van der Waals surface area contributed by atoms with Crippen LogP contribution in [-0.4, -0.2) is 40.7 Å². The number of unbranched alkanes of at least 4 members (excludes halogenated alkanes) is 1. The van der Waals surface area contributed by atoms with E-state index < -0.39 is 0 Å². The zero-order chi connectivity index (χ0) is 22.5. The number of thiocarbonyl (C=S) groups is 1. The predicted octanol–water partition coefficient (Wildman–Crippen LogP) is 6.12. The van der Waals surface area contributed by atoms with Gasteiger partial charge in [-0.25, -0.2) is 0 Å². The molecule has 1 atom stereocenters. The van der Waals surface area contributed by atoms with Crippen LogP contribution < -0.4 is 10.6 Å². The molecule has 3 N–H and O–H groups in total. The maximum Gasteiger partial charge on any atom is 0.170 e. The van der Waals surface area contributed by atoms with Gasteiger partial charge in [0.2, 0.25) is 0 Å². The Kier molecular flexibility index (Phi) is 7.08. The van der Waals surface area contributed by atoms with Crippen LogP contribution >= 0.6 is 12.2 Å². The number of aryl methyl sites for hydroxylation is 1. The van der Waals surface area contributed by atoms with Gasteiger partial charge in [-0.1, -0.05) is 42.8 Å². The van der Waals surface area contributed by atoms with Crippen LogP contribution in [0.5, 0.6) is 0 Å². The highest BCUT2D eigenvalue weighted by molar-refractivity contribution is 7.80. The van der Waals surface area contributed by atoms with Crippen LogP contribution in [0.25, 0.3) is 16.5 Å². The van der Waals surface area contributed by atoms with Crippen LogP contribution in [0, 0.1) is 0 Å². The summed E-state index contributed by atoms with van der Waals surface area (Å²) in [6.07, 6.45) is 13.2. The molecule has 0 radical (unpaired) electrons. The number of nitrogens with one attached hydrogen (secondary N) is 3. The maximum absolute atomic E-state index is 5.56. The largest absolute Gasteiger partial charge is 0.362 e. The number of aromatic amines is 1. The zero-order valence-corrected chi connectivity index (χ0v) is 20.1. The minimum atomic E-state index is 0.695. The number of benzene rings is 2. The first-order valence-corrected chi connectivity index (χ1v) is 12.8. The Labute approximate surface area is 202 Å². The minimum absolute atomic E-state index is 0.695. The summed E-state index contributed by atoms with van der Waals surface area (Å²) in [5.41, 5.74) is 6.46. The van der Waals surface area contributed by atoms with E-state index in [1.807, 2.05) is 0 Å². The monoisotopic (exact) mass is 458 g/mol. The van der Waals surface area contributed by atoms with Crippen molar-refractivity contribution in [3.8, 4) is 0 Å². The van der Waals surface area contributed by atoms with Crippen LogP contribution in [0.15, 0.2) is 60.8 Å². The van der Waals surface area contributed by atoms with Gasteiger partial charge in [-0.15, -0.1) is 0 Å². The lowest BCUT2D eigenvalue weighted by molar-refractivity contribution is 0.161. The molecule has 33 heavy (non-hydrogen) atoms. The number of hydrogen-bond acceptors (Lipinski definition) is 2. The lowest BCUT2D eigenvalue weighted by atomic mass is 9.89. The molecule has 0 amide bonds. The van der Waals surface area contributed by atoms with Crippen molar-refractivity contribution in [2.75, 3.05) is 25.0 Å². The number of aromatic nitrogens is 1. The fraction of sp³-hybridized carbons (Fsp3) is 0.393. The third kappa shape index (κ3) is 5.48. The van der Waals surface area contributed by atoms with E-state index in [0.717, 1.165) is 44.5 Å². The Morgan fingerprint density at radius 3 is 2.91 bits per heavy atom. The molecule has 0 aliphatic carbocycles. The van der Waals surface area contributed by atoms with Crippen molar-refractivity contribution < 1.29 is 0 Å². The lowest BCUT2D eigenvalue weighted by Crippen LogP contribution is -2.41. The van der Waals surface area contributed by atoms with Gasteiger partial charge in [0, 0.05) is 47.5 Å². The summed E-state index contributed by atoms with van der Waals surface area (Å²) in [7, 11) is 0. The fourth-order valence-electron chi connectivity index (χ4n) is 5.26. The predicted molar refractivity (Wildman–Crippen MR) is 144 cm³/mol. The van der Waals surface area contributed by atoms with Gasteiger partial charge in [-0.3, -0.25) is 4.90 Å². The summed E-state index contributed by atoms with van der Waals surface area (Å²) in [5.74, 6) is 0. The van der Waals surface area contributed by atoms with Crippen molar-refractivity contribution in [3.63, 3.8) is 0 Å². The number of rotatable bonds is 7. The Hall–Kier alpha value is -2.63. The van der Waals surface area contributed by atoms with Crippen molar-refractivity contribution in [2.45, 2.75) is 51.0 Å². The molecule has 3 aromatic rings. The first kappa shape index (κ1) is 22.2. The highest BCUT2D eigenvalue weighted by Gasteiger charge is 2.27. The highest BCUT2D eigenvalue weighted by atomic mass is 32.1. The van der Waals surface area contributed by atoms with E-state index in [1.165, 1.54) is 53.4 Å². The summed E-state index contributed by atoms with van der Waals surface area (Å²) < 4.78 is 0. The van der Waals surface area contributed by atoms with Gasteiger partial charge in [0.25, 0.3) is 0 Å². The van der Waals surface area contributed by atoms with Crippen molar-refractivity contribution in [1.29, 1.82) is 0 Å². The summed E-state index contributed by atoms with van der Waals surface area (Å²) in [4.78, 5) is 6.12. The Morgan fingerprint density at radius 1 is 1.09 bits per heavy atom. The average Bonchev–Trinajstić information content (AvgIpc) is 3.27. The van der Waals surface area contributed by atoms with Crippen LogP contribution in [0.3, 0.4) is 0 Å². The van der Waals surface area contributed by atoms with E-state index in [-0.39, 0.29) is 0 Å². The molecule has 1 aromatic heterocycles. The lowest BCUT2D eigenvalue weighted by Gasteiger charge is -2.38. The number of hydrogen-bond donors (Lipinski definition) is 3. The number of H-pyrrole nitrogens is 1. The van der Waals surface area contributed by atoms with Crippen LogP contribution in [0.2, 0.25) is 0 Å². The normalized spacial score (nSPS) is 18.5. The zero-order valence-electron chi connectivity index (χ0n) is 19.3. The van der Waals surface area contributed by atoms with Gasteiger partial charge in [-0.2, -0.15) is 0 Å². The van der Waals surface area contributed by atoms with E-state index >= 15 is 0 Å². The molecule has 5 rings (SSSR count).